The lowest BCUT2D eigenvalue weighted by Crippen LogP contribution is -2.13. The molecule has 0 bridgehead atoms. The molecule has 0 amide bonds. The molecule has 3 nitrogen and oxygen atoms in total. The Morgan fingerprint density at radius 1 is 1.33 bits per heavy atom. The van der Waals surface area contributed by atoms with Gasteiger partial charge in [0.2, 0.25) is 0 Å². The van der Waals surface area contributed by atoms with Crippen LogP contribution in [0.4, 0.5) is 0 Å². The second-order valence-electron chi connectivity index (χ2n) is 2.79. The van der Waals surface area contributed by atoms with Crippen LogP contribution in [0.25, 0.3) is 0 Å². The topological polar surface area (TPSA) is 46.0 Å². The van der Waals surface area contributed by atoms with E-state index in [1.54, 1.807) is 19.3 Å². The summed E-state index contributed by atoms with van der Waals surface area (Å²) in [6.07, 6.45) is 2.95. The highest BCUT2D eigenvalue weighted by Crippen LogP contribution is 2.15. The minimum Gasteiger partial charge on any atom is -0.393 e. The SMILES string of the molecule is CC(O)C(C)c1ncc(Br)cn1. The first-order valence-corrected chi connectivity index (χ1v) is 4.56. The molecule has 1 heterocycles. The zero-order chi connectivity index (χ0) is 9.14. The molecule has 0 saturated heterocycles. The van der Waals surface area contributed by atoms with Crippen LogP contribution in [0.2, 0.25) is 0 Å². The van der Waals surface area contributed by atoms with Crippen molar-refractivity contribution in [2.45, 2.75) is 25.9 Å². The molecular weight excluding hydrogens is 220 g/mol. The van der Waals surface area contributed by atoms with Crippen molar-refractivity contribution in [2.24, 2.45) is 0 Å². The van der Waals surface area contributed by atoms with Crippen molar-refractivity contribution < 1.29 is 5.11 Å². The maximum atomic E-state index is 9.25. The van der Waals surface area contributed by atoms with Gasteiger partial charge in [0.25, 0.3) is 0 Å². The highest BCUT2D eigenvalue weighted by molar-refractivity contribution is 9.10. The lowest BCUT2D eigenvalue weighted by atomic mass is 10.1. The van der Waals surface area contributed by atoms with Gasteiger partial charge in [-0.25, -0.2) is 9.97 Å². The quantitative estimate of drug-likeness (QED) is 0.842. The smallest absolute Gasteiger partial charge is 0.133 e. The van der Waals surface area contributed by atoms with Crippen molar-refractivity contribution in [1.29, 1.82) is 0 Å². The molecule has 66 valence electrons. The number of hydrogen-bond donors (Lipinski definition) is 1. The number of aliphatic hydroxyl groups excluding tert-OH is 1. The fraction of sp³-hybridized carbons (Fsp3) is 0.500. The summed E-state index contributed by atoms with van der Waals surface area (Å²) < 4.78 is 0.851. The fourth-order valence-electron chi connectivity index (χ4n) is 0.773. The predicted molar refractivity (Wildman–Crippen MR) is 49.8 cm³/mol. The van der Waals surface area contributed by atoms with E-state index in [1.165, 1.54) is 0 Å². The Bertz CT molecular complexity index is 248. The average Bonchev–Trinajstić information content (AvgIpc) is 2.04. The molecular formula is C8H11BrN2O. The number of nitrogens with zero attached hydrogens (tertiary/aromatic N) is 2. The van der Waals surface area contributed by atoms with Crippen LogP contribution < -0.4 is 0 Å². The first-order valence-electron chi connectivity index (χ1n) is 3.76. The van der Waals surface area contributed by atoms with Gasteiger partial charge in [-0.05, 0) is 22.9 Å². The van der Waals surface area contributed by atoms with Gasteiger partial charge in [-0.1, -0.05) is 6.92 Å². The van der Waals surface area contributed by atoms with Gasteiger partial charge in [0.15, 0.2) is 0 Å². The molecule has 1 rings (SSSR count). The molecule has 0 aromatic carbocycles. The van der Waals surface area contributed by atoms with E-state index in [0.29, 0.717) is 5.82 Å². The molecule has 0 radical (unpaired) electrons. The highest BCUT2D eigenvalue weighted by Gasteiger charge is 2.13. The monoisotopic (exact) mass is 230 g/mol. The van der Waals surface area contributed by atoms with Crippen LogP contribution in [0.15, 0.2) is 16.9 Å². The maximum Gasteiger partial charge on any atom is 0.133 e. The van der Waals surface area contributed by atoms with Gasteiger partial charge in [-0.15, -0.1) is 0 Å². The van der Waals surface area contributed by atoms with Crippen LogP contribution in [0.5, 0.6) is 0 Å². The third-order valence-electron chi connectivity index (χ3n) is 1.77. The van der Waals surface area contributed by atoms with Crippen LogP contribution in [0.3, 0.4) is 0 Å². The number of rotatable bonds is 2. The van der Waals surface area contributed by atoms with E-state index in [-0.39, 0.29) is 5.92 Å². The van der Waals surface area contributed by atoms with E-state index in [9.17, 15) is 5.11 Å². The van der Waals surface area contributed by atoms with E-state index >= 15 is 0 Å². The lowest BCUT2D eigenvalue weighted by molar-refractivity contribution is 0.165. The Morgan fingerprint density at radius 2 is 1.83 bits per heavy atom. The summed E-state index contributed by atoms with van der Waals surface area (Å²) in [5.41, 5.74) is 0. The van der Waals surface area contributed by atoms with E-state index in [0.717, 1.165) is 4.47 Å². The predicted octanol–water partition coefficient (Wildman–Crippen LogP) is 1.72. The maximum absolute atomic E-state index is 9.25. The molecule has 2 unspecified atom stereocenters. The molecule has 1 aromatic rings. The normalized spacial score (nSPS) is 15.7. The van der Waals surface area contributed by atoms with E-state index in [4.69, 9.17) is 0 Å². The first-order chi connectivity index (χ1) is 5.61. The van der Waals surface area contributed by atoms with Crippen molar-refractivity contribution in [1.82, 2.24) is 9.97 Å². The summed E-state index contributed by atoms with van der Waals surface area (Å²) in [5.74, 6) is 0.659. The number of hydrogen-bond acceptors (Lipinski definition) is 3. The second kappa shape index (κ2) is 3.96. The zero-order valence-electron chi connectivity index (χ0n) is 7.03. The molecule has 1 aromatic heterocycles. The summed E-state index contributed by atoms with van der Waals surface area (Å²) in [7, 11) is 0. The summed E-state index contributed by atoms with van der Waals surface area (Å²) in [4.78, 5) is 8.16. The van der Waals surface area contributed by atoms with Gasteiger partial charge in [-0.3, -0.25) is 0 Å². The third kappa shape index (κ3) is 2.25. The molecule has 0 aliphatic rings. The standard InChI is InChI=1S/C8H11BrN2O/c1-5(6(2)12)8-10-3-7(9)4-11-8/h3-6,12H,1-2H3. The van der Waals surface area contributed by atoms with Crippen molar-refractivity contribution in [2.75, 3.05) is 0 Å². The zero-order valence-corrected chi connectivity index (χ0v) is 8.62. The van der Waals surface area contributed by atoms with Crippen molar-refractivity contribution in [3.05, 3.63) is 22.7 Å². The Balaban J connectivity index is 2.82. The molecule has 4 heteroatoms. The van der Waals surface area contributed by atoms with Gasteiger partial charge >= 0.3 is 0 Å². The van der Waals surface area contributed by atoms with Crippen LogP contribution in [-0.2, 0) is 0 Å². The summed E-state index contributed by atoms with van der Waals surface area (Å²) in [5, 5.41) is 9.25. The van der Waals surface area contributed by atoms with Crippen LogP contribution >= 0.6 is 15.9 Å². The van der Waals surface area contributed by atoms with Crippen molar-refractivity contribution >= 4 is 15.9 Å². The number of halogens is 1. The van der Waals surface area contributed by atoms with E-state index in [2.05, 4.69) is 25.9 Å². The van der Waals surface area contributed by atoms with Gasteiger partial charge in [0, 0.05) is 18.3 Å². The Kier molecular flexibility index (Phi) is 3.17. The van der Waals surface area contributed by atoms with Gasteiger partial charge < -0.3 is 5.11 Å². The molecule has 2 atom stereocenters. The Labute approximate surface area is 80.0 Å². The third-order valence-corrected chi connectivity index (χ3v) is 2.18. The largest absolute Gasteiger partial charge is 0.393 e. The Morgan fingerprint density at radius 3 is 2.25 bits per heavy atom. The second-order valence-corrected chi connectivity index (χ2v) is 3.70. The number of aliphatic hydroxyl groups is 1. The van der Waals surface area contributed by atoms with Crippen molar-refractivity contribution in [3.63, 3.8) is 0 Å². The molecule has 0 aliphatic heterocycles. The highest BCUT2D eigenvalue weighted by atomic mass is 79.9. The van der Waals surface area contributed by atoms with Gasteiger partial charge in [-0.2, -0.15) is 0 Å². The molecule has 0 spiro atoms. The fourth-order valence-corrected chi connectivity index (χ4v) is 0.978. The Hall–Kier alpha value is -0.480. The van der Waals surface area contributed by atoms with Crippen LogP contribution in [0.1, 0.15) is 25.6 Å². The van der Waals surface area contributed by atoms with Gasteiger partial charge in [0.05, 0.1) is 10.6 Å². The van der Waals surface area contributed by atoms with Crippen LogP contribution in [0, 0.1) is 0 Å². The molecule has 0 fully saturated rings. The number of aromatic nitrogens is 2. The molecule has 0 aliphatic carbocycles. The lowest BCUT2D eigenvalue weighted by Gasteiger charge is -2.11. The summed E-state index contributed by atoms with van der Waals surface area (Å²) in [6, 6.07) is 0. The van der Waals surface area contributed by atoms with E-state index < -0.39 is 6.10 Å². The van der Waals surface area contributed by atoms with E-state index in [1.807, 2.05) is 6.92 Å². The average molecular weight is 231 g/mol. The van der Waals surface area contributed by atoms with Crippen LogP contribution in [-0.4, -0.2) is 21.2 Å². The van der Waals surface area contributed by atoms with Crippen molar-refractivity contribution in [3.8, 4) is 0 Å². The summed E-state index contributed by atoms with van der Waals surface area (Å²) in [6.45, 7) is 3.63. The van der Waals surface area contributed by atoms with Gasteiger partial charge in [0.1, 0.15) is 5.82 Å². The summed E-state index contributed by atoms with van der Waals surface area (Å²) >= 11 is 3.24. The molecule has 12 heavy (non-hydrogen) atoms. The minimum atomic E-state index is -0.411. The minimum absolute atomic E-state index is 0.0156. The first kappa shape index (κ1) is 9.61. The molecule has 1 N–H and O–H groups in total. The molecule has 0 saturated carbocycles.